The van der Waals surface area contributed by atoms with E-state index < -0.39 is 11.9 Å². The minimum atomic E-state index is -1.18. The van der Waals surface area contributed by atoms with Gasteiger partial charge in [-0.1, -0.05) is 48.0 Å². The molecule has 0 unspecified atom stereocenters. The molecule has 1 heterocycles. The van der Waals surface area contributed by atoms with Crippen molar-refractivity contribution < 1.29 is 19.4 Å². The first-order valence-corrected chi connectivity index (χ1v) is 10.9. The Morgan fingerprint density at radius 1 is 0.971 bits per heavy atom. The van der Waals surface area contributed by atoms with Gasteiger partial charge in [0, 0.05) is 28.9 Å². The third-order valence-corrected chi connectivity index (χ3v) is 5.39. The quantitative estimate of drug-likeness (QED) is 0.301. The summed E-state index contributed by atoms with van der Waals surface area (Å²) in [5.74, 6) is -0.330. The van der Waals surface area contributed by atoms with E-state index in [0.29, 0.717) is 22.9 Å². The van der Waals surface area contributed by atoms with Crippen LogP contribution in [-0.4, -0.2) is 34.1 Å². The molecule has 1 aromatic heterocycles. The van der Waals surface area contributed by atoms with Crippen molar-refractivity contribution in [2.45, 2.75) is 6.92 Å². The summed E-state index contributed by atoms with van der Waals surface area (Å²) in [4.78, 5) is 33.2. The zero-order chi connectivity index (χ0) is 24.9. The van der Waals surface area contributed by atoms with Gasteiger partial charge in [-0.25, -0.2) is 14.8 Å². The van der Waals surface area contributed by atoms with Crippen LogP contribution in [0.4, 0.5) is 17.2 Å². The highest BCUT2D eigenvalue weighted by molar-refractivity contribution is 6.34. The Hall–Kier alpha value is -4.43. The minimum absolute atomic E-state index is 0.0794. The van der Waals surface area contributed by atoms with Crippen molar-refractivity contribution in [3.05, 3.63) is 94.8 Å². The number of carboxylic acids is 1. The predicted octanol–water partition coefficient (Wildman–Crippen LogP) is 5.81. The second kappa shape index (κ2) is 10.2. The Morgan fingerprint density at radius 2 is 1.74 bits per heavy atom. The van der Waals surface area contributed by atoms with Crippen LogP contribution in [0.25, 0.3) is 11.3 Å². The molecule has 0 saturated carbocycles. The van der Waals surface area contributed by atoms with Crippen molar-refractivity contribution in [3.8, 4) is 17.0 Å². The molecular formula is C26H21ClN4O4. The average Bonchev–Trinajstić information content (AvgIpc) is 2.85. The highest BCUT2D eigenvalue weighted by atomic mass is 35.5. The van der Waals surface area contributed by atoms with Gasteiger partial charge in [0.15, 0.2) is 0 Å². The standard InChI is InChI=1S/C26H21ClN4O4/c1-15-28-21(16-7-4-3-5-8-16)14-24(29-15)30-18-10-6-9-17(11-18)25(32)31-22-13-23(35-2)19(26(33)34)12-20(22)27/h3-14H,1-2H3,(H,31,32)(H,33,34)(H,28,29,30). The largest absolute Gasteiger partial charge is 0.496 e. The maximum Gasteiger partial charge on any atom is 0.339 e. The van der Waals surface area contributed by atoms with E-state index in [4.69, 9.17) is 16.3 Å². The number of aromatic nitrogens is 2. The molecule has 0 atom stereocenters. The molecule has 0 aliphatic carbocycles. The summed E-state index contributed by atoms with van der Waals surface area (Å²) in [5.41, 5.74) is 2.90. The monoisotopic (exact) mass is 488 g/mol. The molecular weight excluding hydrogens is 468 g/mol. The van der Waals surface area contributed by atoms with Crippen molar-refractivity contribution in [1.29, 1.82) is 0 Å². The Morgan fingerprint density at radius 3 is 2.46 bits per heavy atom. The average molecular weight is 489 g/mol. The first-order valence-electron chi connectivity index (χ1n) is 10.5. The highest BCUT2D eigenvalue weighted by Crippen LogP contribution is 2.31. The summed E-state index contributed by atoms with van der Waals surface area (Å²) in [6.45, 7) is 1.81. The second-order valence-corrected chi connectivity index (χ2v) is 7.96. The van der Waals surface area contributed by atoms with E-state index in [1.165, 1.54) is 19.2 Å². The van der Waals surface area contributed by atoms with Crippen molar-refractivity contribution >= 4 is 40.7 Å². The molecule has 0 saturated heterocycles. The van der Waals surface area contributed by atoms with Gasteiger partial charge in [0.2, 0.25) is 0 Å². The lowest BCUT2D eigenvalue weighted by atomic mass is 10.1. The lowest BCUT2D eigenvalue weighted by molar-refractivity contribution is 0.0693. The first-order chi connectivity index (χ1) is 16.8. The van der Waals surface area contributed by atoms with Crippen LogP contribution in [-0.2, 0) is 0 Å². The number of carbonyl (C=O) groups is 2. The number of anilines is 3. The van der Waals surface area contributed by atoms with E-state index in [2.05, 4.69) is 20.6 Å². The van der Waals surface area contributed by atoms with Crippen molar-refractivity contribution in [1.82, 2.24) is 9.97 Å². The van der Waals surface area contributed by atoms with Gasteiger partial charge in [0.1, 0.15) is 23.0 Å². The Kier molecular flexibility index (Phi) is 6.93. The number of ether oxygens (including phenoxy) is 1. The Balaban J connectivity index is 1.56. The number of aryl methyl sites for hydroxylation is 1. The van der Waals surface area contributed by atoms with Gasteiger partial charge in [0.05, 0.1) is 23.5 Å². The molecule has 0 aliphatic rings. The molecule has 0 spiro atoms. The van der Waals surface area contributed by atoms with E-state index in [0.717, 1.165) is 11.3 Å². The van der Waals surface area contributed by atoms with E-state index in [1.54, 1.807) is 18.2 Å². The van der Waals surface area contributed by atoms with Gasteiger partial charge < -0.3 is 20.5 Å². The molecule has 4 aromatic rings. The number of benzene rings is 3. The van der Waals surface area contributed by atoms with Gasteiger partial charge in [-0.05, 0) is 31.2 Å². The van der Waals surface area contributed by atoms with Crippen LogP contribution >= 0.6 is 11.6 Å². The Labute approximate surface area is 206 Å². The number of nitrogens with zero attached hydrogens (tertiary/aromatic N) is 2. The number of halogens is 1. The lowest BCUT2D eigenvalue weighted by Gasteiger charge is -2.13. The van der Waals surface area contributed by atoms with Crippen molar-refractivity contribution in [2.75, 3.05) is 17.7 Å². The molecule has 1 amide bonds. The number of methoxy groups -OCH3 is 1. The van der Waals surface area contributed by atoms with Gasteiger partial charge in [-0.15, -0.1) is 0 Å². The molecule has 8 nitrogen and oxygen atoms in total. The zero-order valence-electron chi connectivity index (χ0n) is 18.9. The maximum absolute atomic E-state index is 12.9. The van der Waals surface area contributed by atoms with E-state index in [-0.39, 0.29) is 22.0 Å². The molecule has 0 aliphatic heterocycles. The number of amides is 1. The maximum atomic E-state index is 12.9. The van der Waals surface area contributed by atoms with Crippen LogP contribution in [0.2, 0.25) is 5.02 Å². The predicted molar refractivity (Wildman–Crippen MR) is 135 cm³/mol. The summed E-state index contributed by atoms with van der Waals surface area (Å²) in [7, 11) is 1.34. The van der Waals surface area contributed by atoms with Crippen molar-refractivity contribution in [2.24, 2.45) is 0 Å². The third-order valence-electron chi connectivity index (χ3n) is 5.07. The SMILES string of the molecule is COc1cc(NC(=O)c2cccc(Nc3cc(-c4ccccc4)nc(C)n3)c2)c(Cl)cc1C(=O)O. The summed E-state index contributed by atoms with van der Waals surface area (Å²) < 4.78 is 5.11. The number of aromatic carboxylic acids is 1. The number of carboxylic acid groups (broad SMARTS) is 1. The smallest absolute Gasteiger partial charge is 0.339 e. The summed E-state index contributed by atoms with van der Waals surface area (Å²) in [5, 5.41) is 15.3. The lowest BCUT2D eigenvalue weighted by Crippen LogP contribution is -2.13. The normalized spacial score (nSPS) is 10.5. The second-order valence-electron chi connectivity index (χ2n) is 7.55. The fourth-order valence-corrected chi connectivity index (χ4v) is 3.67. The highest BCUT2D eigenvalue weighted by Gasteiger charge is 2.17. The minimum Gasteiger partial charge on any atom is -0.496 e. The first kappa shape index (κ1) is 23.7. The fourth-order valence-electron chi connectivity index (χ4n) is 3.45. The molecule has 9 heteroatoms. The van der Waals surface area contributed by atoms with Crippen LogP contribution in [0.3, 0.4) is 0 Å². The van der Waals surface area contributed by atoms with Gasteiger partial charge in [-0.2, -0.15) is 0 Å². The van der Waals surface area contributed by atoms with Crippen LogP contribution in [0.15, 0.2) is 72.8 Å². The third kappa shape index (κ3) is 5.56. The van der Waals surface area contributed by atoms with Crippen LogP contribution < -0.4 is 15.4 Å². The van der Waals surface area contributed by atoms with Crippen LogP contribution in [0.1, 0.15) is 26.5 Å². The summed E-state index contributed by atoms with van der Waals surface area (Å²) in [6, 6.07) is 21.1. The summed E-state index contributed by atoms with van der Waals surface area (Å²) >= 11 is 6.19. The van der Waals surface area contributed by atoms with Crippen LogP contribution in [0, 0.1) is 6.92 Å². The molecule has 0 bridgehead atoms. The molecule has 0 fully saturated rings. The van der Waals surface area contributed by atoms with Gasteiger partial charge >= 0.3 is 5.97 Å². The molecule has 35 heavy (non-hydrogen) atoms. The summed E-state index contributed by atoms with van der Waals surface area (Å²) in [6.07, 6.45) is 0. The van der Waals surface area contributed by atoms with Crippen molar-refractivity contribution in [3.63, 3.8) is 0 Å². The topological polar surface area (TPSA) is 113 Å². The molecule has 176 valence electrons. The molecule has 3 N–H and O–H groups in total. The van der Waals surface area contributed by atoms with E-state index >= 15 is 0 Å². The number of rotatable bonds is 7. The molecule has 0 radical (unpaired) electrons. The number of hydrogen-bond donors (Lipinski definition) is 3. The van der Waals surface area contributed by atoms with Gasteiger partial charge in [-0.3, -0.25) is 4.79 Å². The number of hydrogen-bond acceptors (Lipinski definition) is 6. The molecule has 4 rings (SSSR count). The number of carbonyl (C=O) groups excluding carboxylic acids is 1. The molecule has 3 aromatic carbocycles. The van der Waals surface area contributed by atoms with Gasteiger partial charge in [0.25, 0.3) is 5.91 Å². The van der Waals surface area contributed by atoms with Crippen LogP contribution in [0.5, 0.6) is 5.75 Å². The van der Waals surface area contributed by atoms with E-state index in [1.807, 2.05) is 49.4 Å². The fraction of sp³-hybridized carbons (Fsp3) is 0.0769. The Bertz CT molecular complexity index is 1410. The zero-order valence-corrected chi connectivity index (χ0v) is 19.6. The van der Waals surface area contributed by atoms with E-state index in [9.17, 15) is 14.7 Å². The number of nitrogens with one attached hydrogen (secondary N) is 2.